The molecule has 1 atom stereocenters. The van der Waals surface area contributed by atoms with Crippen LogP contribution in [0.25, 0.3) is 0 Å². The van der Waals surface area contributed by atoms with Gasteiger partial charge in [0.15, 0.2) is 0 Å². The van der Waals surface area contributed by atoms with Crippen LogP contribution in [0.15, 0.2) is 36.8 Å². The Hall–Kier alpha value is -2.21. The van der Waals surface area contributed by atoms with Crippen molar-refractivity contribution in [3.05, 3.63) is 53.6 Å². The van der Waals surface area contributed by atoms with Crippen molar-refractivity contribution in [3.8, 4) is 6.07 Å². The average molecular weight is 321 g/mol. The van der Waals surface area contributed by atoms with E-state index in [1.807, 2.05) is 6.07 Å². The van der Waals surface area contributed by atoms with Crippen LogP contribution >= 0.6 is 0 Å². The molecule has 0 aliphatic carbocycles. The van der Waals surface area contributed by atoms with Crippen molar-refractivity contribution >= 4 is 10.1 Å². The van der Waals surface area contributed by atoms with Crippen molar-refractivity contribution in [2.45, 2.75) is 6.10 Å². The second-order valence-electron chi connectivity index (χ2n) is 4.52. The minimum atomic E-state index is -3.49. The molecule has 0 saturated carbocycles. The first-order valence-electron chi connectivity index (χ1n) is 6.44. The second kappa shape index (κ2) is 7.17. The molecular formula is C14H15N3O4S. The van der Waals surface area contributed by atoms with Crippen LogP contribution in [0, 0.1) is 11.3 Å². The number of hydrogen-bond donors (Lipinski definition) is 1. The molecule has 116 valence electrons. The molecular weight excluding hydrogens is 306 g/mol. The van der Waals surface area contributed by atoms with Gasteiger partial charge in [-0.15, -0.1) is 0 Å². The monoisotopic (exact) mass is 321 g/mol. The third-order valence-corrected chi connectivity index (χ3v) is 3.40. The molecule has 1 aromatic carbocycles. The number of ether oxygens (including phenoxy) is 1. The lowest BCUT2D eigenvalue weighted by atomic mass is 10.1. The number of hydrogen-bond acceptors (Lipinski definition) is 6. The van der Waals surface area contributed by atoms with Gasteiger partial charge in [0.2, 0.25) is 0 Å². The van der Waals surface area contributed by atoms with Gasteiger partial charge >= 0.3 is 0 Å². The van der Waals surface area contributed by atoms with E-state index in [0.29, 0.717) is 5.56 Å². The van der Waals surface area contributed by atoms with Gasteiger partial charge in [-0.05, 0) is 17.7 Å². The minimum Gasteiger partial charge on any atom is -0.365 e. The maximum absolute atomic E-state index is 10.9. The molecule has 2 rings (SSSR count). The lowest BCUT2D eigenvalue weighted by Gasteiger charge is -2.17. The zero-order valence-electron chi connectivity index (χ0n) is 11.9. The molecule has 0 fully saturated rings. The summed E-state index contributed by atoms with van der Waals surface area (Å²) in [5.74, 6) is 0. The molecule has 0 aliphatic rings. The fourth-order valence-corrected chi connectivity index (χ4v) is 2.23. The van der Waals surface area contributed by atoms with E-state index in [1.165, 1.54) is 6.33 Å². The van der Waals surface area contributed by atoms with Gasteiger partial charge in [0.25, 0.3) is 10.1 Å². The van der Waals surface area contributed by atoms with Gasteiger partial charge in [0.1, 0.15) is 6.10 Å². The number of aromatic amines is 1. The largest absolute Gasteiger partial charge is 0.365 e. The smallest absolute Gasteiger partial charge is 0.264 e. The molecule has 1 heterocycles. The van der Waals surface area contributed by atoms with Gasteiger partial charge in [-0.1, -0.05) is 12.1 Å². The van der Waals surface area contributed by atoms with E-state index in [1.54, 1.807) is 30.5 Å². The molecule has 22 heavy (non-hydrogen) atoms. The van der Waals surface area contributed by atoms with Crippen LogP contribution in [0.1, 0.15) is 22.9 Å². The number of imidazole rings is 1. The average Bonchev–Trinajstić information content (AvgIpc) is 3.00. The topological polar surface area (TPSA) is 105 Å². The number of nitrogens with zero attached hydrogens (tertiary/aromatic N) is 2. The van der Waals surface area contributed by atoms with Gasteiger partial charge in [-0.25, -0.2) is 4.98 Å². The highest BCUT2D eigenvalue weighted by Gasteiger charge is 2.16. The fourth-order valence-electron chi connectivity index (χ4n) is 1.86. The Morgan fingerprint density at radius 2 is 2.05 bits per heavy atom. The molecule has 0 amide bonds. The molecule has 1 aromatic heterocycles. The number of nitriles is 1. The number of nitrogens with one attached hydrogen (secondary N) is 1. The Morgan fingerprint density at radius 3 is 2.59 bits per heavy atom. The summed E-state index contributed by atoms with van der Waals surface area (Å²) in [7, 11) is -3.49. The van der Waals surface area contributed by atoms with Crippen molar-refractivity contribution in [1.29, 1.82) is 5.26 Å². The van der Waals surface area contributed by atoms with E-state index in [0.717, 1.165) is 17.5 Å². The van der Waals surface area contributed by atoms with Gasteiger partial charge in [-0.2, -0.15) is 13.7 Å². The summed E-state index contributed by atoms with van der Waals surface area (Å²) in [4.78, 5) is 6.92. The van der Waals surface area contributed by atoms with Crippen LogP contribution in [0.5, 0.6) is 0 Å². The summed E-state index contributed by atoms with van der Waals surface area (Å²) in [6.07, 6.45) is 3.70. The highest BCUT2D eigenvalue weighted by molar-refractivity contribution is 7.85. The van der Waals surface area contributed by atoms with E-state index < -0.39 is 16.2 Å². The molecule has 0 bridgehead atoms. The molecule has 1 N–H and O–H groups in total. The number of aromatic nitrogens is 2. The first-order valence-corrected chi connectivity index (χ1v) is 8.25. The molecule has 0 saturated heterocycles. The second-order valence-corrected chi connectivity index (χ2v) is 6.16. The normalized spacial score (nSPS) is 12.7. The van der Waals surface area contributed by atoms with E-state index in [2.05, 4.69) is 14.2 Å². The Labute approximate surface area is 128 Å². The molecule has 0 radical (unpaired) electrons. The number of rotatable bonds is 7. The van der Waals surface area contributed by atoms with Crippen molar-refractivity contribution < 1.29 is 17.3 Å². The number of benzene rings is 1. The maximum atomic E-state index is 10.9. The summed E-state index contributed by atoms with van der Waals surface area (Å²) in [5, 5.41) is 8.83. The Kier molecular flexibility index (Phi) is 5.27. The van der Waals surface area contributed by atoms with Crippen LogP contribution in [-0.2, 0) is 19.0 Å². The highest BCUT2D eigenvalue weighted by atomic mass is 32.2. The summed E-state index contributed by atoms with van der Waals surface area (Å²) in [6.45, 7) is 0.0243. The van der Waals surface area contributed by atoms with Gasteiger partial charge in [0.05, 0.1) is 49.3 Å². The minimum absolute atomic E-state index is 0.0697. The van der Waals surface area contributed by atoms with Crippen LogP contribution in [0.2, 0.25) is 0 Å². The SMILES string of the molecule is CS(=O)(=O)OCCOC(c1ccc(C#N)cc1)c1cnc[nH]1. The van der Waals surface area contributed by atoms with E-state index >= 15 is 0 Å². The Balaban J connectivity index is 2.08. The molecule has 2 aromatic rings. The van der Waals surface area contributed by atoms with E-state index in [-0.39, 0.29) is 13.2 Å². The van der Waals surface area contributed by atoms with Crippen molar-refractivity contribution in [3.63, 3.8) is 0 Å². The zero-order chi connectivity index (χ0) is 16.0. The van der Waals surface area contributed by atoms with Crippen LogP contribution in [0.4, 0.5) is 0 Å². The predicted molar refractivity (Wildman–Crippen MR) is 78.3 cm³/mol. The third kappa shape index (κ3) is 4.66. The maximum Gasteiger partial charge on any atom is 0.264 e. The van der Waals surface area contributed by atoms with Crippen LogP contribution in [-0.4, -0.2) is 37.9 Å². The lowest BCUT2D eigenvalue weighted by molar-refractivity contribution is 0.0556. The summed E-state index contributed by atoms with van der Waals surface area (Å²) in [6, 6.07) is 8.99. The summed E-state index contributed by atoms with van der Waals surface area (Å²) in [5.41, 5.74) is 2.10. The highest BCUT2D eigenvalue weighted by Crippen LogP contribution is 2.24. The quantitative estimate of drug-likeness (QED) is 0.610. The zero-order valence-corrected chi connectivity index (χ0v) is 12.7. The van der Waals surface area contributed by atoms with E-state index in [4.69, 9.17) is 10.00 Å². The van der Waals surface area contributed by atoms with E-state index in [9.17, 15) is 8.42 Å². The lowest BCUT2D eigenvalue weighted by Crippen LogP contribution is -2.14. The molecule has 8 heteroatoms. The van der Waals surface area contributed by atoms with Crippen LogP contribution in [0.3, 0.4) is 0 Å². The standard InChI is InChI=1S/C14H15N3O4S/c1-22(18,19)21-7-6-20-14(13-9-16-10-17-13)12-4-2-11(8-15)3-5-12/h2-5,9-10,14H,6-7H2,1H3,(H,16,17). The van der Waals surface area contributed by atoms with Crippen LogP contribution < -0.4 is 0 Å². The molecule has 7 nitrogen and oxygen atoms in total. The summed E-state index contributed by atoms with van der Waals surface area (Å²) < 4.78 is 32.2. The Bertz CT molecular complexity index is 733. The number of H-pyrrole nitrogens is 1. The van der Waals surface area contributed by atoms with Crippen molar-refractivity contribution in [2.75, 3.05) is 19.5 Å². The van der Waals surface area contributed by atoms with Gasteiger partial charge in [-0.3, -0.25) is 4.18 Å². The third-order valence-electron chi connectivity index (χ3n) is 2.81. The summed E-state index contributed by atoms with van der Waals surface area (Å²) >= 11 is 0. The van der Waals surface area contributed by atoms with Gasteiger partial charge in [0, 0.05) is 0 Å². The molecule has 0 aliphatic heterocycles. The van der Waals surface area contributed by atoms with Crippen molar-refractivity contribution in [2.24, 2.45) is 0 Å². The molecule has 0 spiro atoms. The van der Waals surface area contributed by atoms with Gasteiger partial charge < -0.3 is 9.72 Å². The molecule has 1 unspecified atom stereocenters. The predicted octanol–water partition coefficient (Wildman–Crippen LogP) is 1.36. The Morgan fingerprint density at radius 1 is 1.32 bits per heavy atom. The first kappa shape index (κ1) is 16.2. The van der Waals surface area contributed by atoms with Crippen molar-refractivity contribution in [1.82, 2.24) is 9.97 Å². The fraction of sp³-hybridized carbons (Fsp3) is 0.286. The first-order chi connectivity index (χ1) is 10.5.